The van der Waals surface area contributed by atoms with Gasteiger partial charge in [-0.05, 0) is 56.2 Å². The number of aromatic nitrogens is 2. The molecular weight excluding hydrogens is 428 g/mol. The Morgan fingerprint density at radius 2 is 1.62 bits per heavy atom. The maximum atomic E-state index is 13.0. The minimum Gasteiger partial charge on any atom is -0.366 e. The highest BCUT2D eigenvalue weighted by molar-refractivity contribution is 6.30. The molecule has 0 unspecified atom stereocenters. The van der Waals surface area contributed by atoms with E-state index < -0.39 is 0 Å². The molecule has 2 aromatic carbocycles. The number of carbonyl (C=O) groups excluding carboxylic acids is 1. The standard InChI is InChI=1S/C24H25ClN4O3/c1-16-21(23(31)27(2)24(32)29(16)20-6-4-3-5-7-20)28-14-12-17(13-15-28)22(30)26-19-10-8-18(25)9-11-19/h3-11,17H,12-15H2,1-2H3,(H,26,30). The van der Waals surface area contributed by atoms with Gasteiger partial charge >= 0.3 is 5.69 Å². The number of carbonyl (C=O) groups is 1. The van der Waals surface area contributed by atoms with E-state index in [-0.39, 0.29) is 23.1 Å². The molecule has 0 atom stereocenters. The highest BCUT2D eigenvalue weighted by Gasteiger charge is 2.28. The lowest BCUT2D eigenvalue weighted by molar-refractivity contribution is -0.120. The van der Waals surface area contributed by atoms with Gasteiger partial charge in [0.05, 0.1) is 11.4 Å². The fourth-order valence-electron chi connectivity index (χ4n) is 4.19. The Kier molecular flexibility index (Phi) is 6.19. The maximum Gasteiger partial charge on any atom is 0.335 e. The van der Waals surface area contributed by atoms with Gasteiger partial charge in [-0.25, -0.2) is 4.79 Å². The molecule has 0 radical (unpaired) electrons. The SMILES string of the molecule is Cc1c(N2CCC(C(=O)Nc3ccc(Cl)cc3)CC2)c(=O)n(C)c(=O)n1-c1ccccc1. The maximum absolute atomic E-state index is 13.0. The summed E-state index contributed by atoms with van der Waals surface area (Å²) in [5, 5.41) is 3.55. The number of para-hydroxylation sites is 1. The van der Waals surface area contributed by atoms with Crippen LogP contribution in [0.5, 0.6) is 0 Å². The molecule has 1 N–H and O–H groups in total. The molecule has 1 aliphatic heterocycles. The van der Waals surface area contributed by atoms with Gasteiger partial charge in [-0.3, -0.25) is 18.7 Å². The molecule has 4 rings (SSSR count). The average Bonchev–Trinajstić information content (AvgIpc) is 2.80. The third-order valence-corrected chi connectivity index (χ3v) is 6.22. The summed E-state index contributed by atoms with van der Waals surface area (Å²) >= 11 is 5.90. The number of amides is 1. The minimum absolute atomic E-state index is 0.0362. The molecule has 0 bridgehead atoms. The lowest BCUT2D eigenvalue weighted by Gasteiger charge is -2.34. The Labute approximate surface area is 190 Å². The molecule has 0 aliphatic carbocycles. The van der Waals surface area contributed by atoms with Crippen molar-refractivity contribution in [2.75, 3.05) is 23.3 Å². The minimum atomic E-state index is -0.375. The summed E-state index contributed by atoms with van der Waals surface area (Å²) in [6.45, 7) is 2.91. The van der Waals surface area contributed by atoms with Crippen LogP contribution in [0, 0.1) is 12.8 Å². The van der Waals surface area contributed by atoms with Crippen LogP contribution in [0.4, 0.5) is 11.4 Å². The van der Waals surface area contributed by atoms with Crippen LogP contribution in [0.15, 0.2) is 64.2 Å². The van der Waals surface area contributed by atoms with Crippen molar-refractivity contribution in [3.8, 4) is 5.69 Å². The van der Waals surface area contributed by atoms with E-state index in [4.69, 9.17) is 11.6 Å². The molecule has 166 valence electrons. The van der Waals surface area contributed by atoms with Crippen LogP contribution in [0.3, 0.4) is 0 Å². The molecular formula is C24H25ClN4O3. The van der Waals surface area contributed by atoms with E-state index in [9.17, 15) is 14.4 Å². The Bertz CT molecular complexity index is 1240. The van der Waals surface area contributed by atoms with Gasteiger partial charge in [-0.1, -0.05) is 29.8 Å². The number of rotatable bonds is 4. The largest absolute Gasteiger partial charge is 0.366 e. The number of piperidine rings is 1. The average molecular weight is 453 g/mol. The Balaban J connectivity index is 1.55. The lowest BCUT2D eigenvalue weighted by atomic mass is 9.95. The number of anilines is 2. The summed E-state index contributed by atoms with van der Waals surface area (Å²) in [6, 6.07) is 16.3. The van der Waals surface area contributed by atoms with Crippen molar-refractivity contribution in [3.63, 3.8) is 0 Å². The summed E-state index contributed by atoms with van der Waals surface area (Å²) in [7, 11) is 1.50. The fourth-order valence-corrected chi connectivity index (χ4v) is 4.31. The number of nitrogens with one attached hydrogen (secondary N) is 1. The zero-order valence-electron chi connectivity index (χ0n) is 18.0. The summed E-state index contributed by atoms with van der Waals surface area (Å²) in [5.74, 6) is -0.183. The first-order valence-electron chi connectivity index (χ1n) is 10.6. The summed E-state index contributed by atoms with van der Waals surface area (Å²) < 4.78 is 2.71. The van der Waals surface area contributed by atoms with Gasteiger partial charge in [-0.15, -0.1) is 0 Å². The van der Waals surface area contributed by atoms with Crippen molar-refractivity contribution in [1.82, 2.24) is 9.13 Å². The van der Waals surface area contributed by atoms with Crippen molar-refractivity contribution in [3.05, 3.63) is 86.2 Å². The first-order chi connectivity index (χ1) is 15.4. The highest BCUT2D eigenvalue weighted by Crippen LogP contribution is 2.25. The number of hydrogen-bond acceptors (Lipinski definition) is 4. The lowest BCUT2D eigenvalue weighted by Crippen LogP contribution is -2.46. The van der Waals surface area contributed by atoms with Crippen molar-refractivity contribution in [2.45, 2.75) is 19.8 Å². The predicted octanol–water partition coefficient (Wildman–Crippen LogP) is 3.35. The molecule has 1 saturated heterocycles. The van der Waals surface area contributed by atoms with E-state index in [0.717, 1.165) is 4.57 Å². The van der Waals surface area contributed by atoms with Crippen LogP contribution in [0.25, 0.3) is 5.69 Å². The zero-order valence-corrected chi connectivity index (χ0v) is 18.8. The smallest absolute Gasteiger partial charge is 0.335 e. The zero-order chi connectivity index (χ0) is 22.8. The molecule has 0 saturated carbocycles. The Morgan fingerprint density at radius 3 is 2.25 bits per heavy atom. The van der Waals surface area contributed by atoms with Crippen molar-refractivity contribution >= 4 is 28.9 Å². The molecule has 1 aromatic heterocycles. The van der Waals surface area contributed by atoms with Crippen LogP contribution in [-0.2, 0) is 11.8 Å². The van der Waals surface area contributed by atoms with Crippen molar-refractivity contribution in [1.29, 1.82) is 0 Å². The summed E-state index contributed by atoms with van der Waals surface area (Å²) in [4.78, 5) is 40.5. The second kappa shape index (κ2) is 9.04. The highest BCUT2D eigenvalue weighted by atomic mass is 35.5. The molecule has 2 heterocycles. The predicted molar refractivity (Wildman–Crippen MR) is 127 cm³/mol. The first kappa shape index (κ1) is 21.9. The summed E-state index contributed by atoms with van der Waals surface area (Å²) in [5.41, 5.74) is 1.84. The van der Waals surface area contributed by atoms with Gasteiger partial charge in [0.2, 0.25) is 5.91 Å². The second-order valence-corrected chi connectivity index (χ2v) is 8.45. The van der Waals surface area contributed by atoms with Crippen LogP contribution in [0.1, 0.15) is 18.5 Å². The van der Waals surface area contributed by atoms with Crippen LogP contribution < -0.4 is 21.5 Å². The molecule has 1 aliphatic rings. The molecule has 0 spiro atoms. The van der Waals surface area contributed by atoms with E-state index >= 15 is 0 Å². The molecule has 1 amide bonds. The number of nitrogens with zero attached hydrogens (tertiary/aromatic N) is 3. The van der Waals surface area contributed by atoms with Crippen LogP contribution in [0.2, 0.25) is 5.02 Å². The van der Waals surface area contributed by atoms with Gasteiger partial charge in [0.25, 0.3) is 5.56 Å². The first-order valence-corrected chi connectivity index (χ1v) is 10.9. The third kappa shape index (κ3) is 4.21. The fraction of sp³-hybridized carbons (Fsp3) is 0.292. The Morgan fingerprint density at radius 1 is 1.00 bits per heavy atom. The molecule has 3 aromatic rings. The van der Waals surface area contributed by atoms with Gasteiger partial charge < -0.3 is 10.2 Å². The monoisotopic (exact) mass is 452 g/mol. The normalized spacial score (nSPS) is 14.4. The van der Waals surface area contributed by atoms with Gasteiger partial charge in [0.15, 0.2) is 0 Å². The third-order valence-electron chi connectivity index (χ3n) is 5.97. The molecule has 8 heteroatoms. The molecule has 1 fully saturated rings. The van der Waals surface area contributed by atoms with Gasteiger partial charge in [0, 0.05) is 36.8 Å². The quantitative estimate of drug-likeness (QED) is 0.658. The topological polar surface area (TPSA) is 76.3 Å². The second-order valence-electron chi connectivity index (χ2n) is 8.01. The van der Waals surface area contributed by atoms with E-state index in [0.29, 0.717) is 53.7 Å². The molecule has 32 heavy (non-hydrogen) atoms. The van der Waals surface area contributed by atoms with E-state index in [2.05, 4.69) is 5.32 Å². The van der Waals surface area contributed by atoms with E-state index in [1.165, 1.54) is 7.05 Å². The van der Waals surface area contributed by atoms with Crippen LogP contribution in [-0.4, -0.2) is 28.1 Å². The molecule has 7 nitrogen and oxygen atoms in total. The number of halogens is 1. The number of hydrogen-bond donors (Lipinski definition) is 1. The number of benzene rings is 2. The van der Waals surface area contributed by atoms with Crippen LogP contribution >= 0.6 is 11.6 Å². The van der Waals surface area contributed by atoms with E-state index in [1.54, 1.807) is 35.8 Å². The summed E-state index contributed by atoms with van der Waals surface area (Å²) in [6.07, 6.45) is 1.24. The van der Waals surface area contributed by atoms with Gasteiger partial charge in [-0.2, -0.15) is 0 Å². The van der Waals surface area contributed by atoms with Crippen molar-refractivity contribution in [2.24, 2.45) is 13.0 Å². The Hall–Kier alpha value is -3.32. The van der Waals surface area contributed by atoms with E-state index in [1.807, 2.05) is 35.2 Å². The van der Waals surface area contributed by atoms with Gasteiger partial charge in [0.1, 0.15) is 5.69 Å². The van der Waals surface area contributed by atoms with Crippen molar-refractivity contribution < 1.29 is 4.79 Å².